The molecular weight excluding hydrogens is 482 g/mol. The van der Waals surface area contributed by atoms with Gasteiger partial charge < -0.3 is 10.6 Å². The maximum absolute atomic E-state index is 12.9. The average molecular weight is 514 g/mol. The Labute approximate surface area is 221 Å². The van der Waals surface area contributed by atoms with E-state index in [9.17, 15) is 9.59 Å². The summed E-state index contributed by atoms with van der Waals surface area (Å²) in [6.07, 6.45) is 4.84. The maximum Gasteiger partial charge on any atom is 0.290 e. The van der Waals surface area contributed by atoms with Crippen molar-refractivity contribution >= 4 is 29.0 Å². The third-order valence-corrected chi connectivity index (χ3v) is 6.57. The third kappa shape index (κ3) is 5.37. The Bertz CT molecular complexity index is 1450. The number of aromatic nitrogens is 4. The normalized spacial score (nSPS) is 17.7. The van der Waals surface area contributed by atoms with Crippen molar-refractivity contribution in [1.82, 2.24) is 24.6 Å². The number of hydrogen-bond donors (Lipinski definition) is 2. The number of azo groups is 1. The van der Waals surface area contributed by atoms with Crippen LogP contribution >= 0.6 is 0 Å². The van der Waals surface area contributed by atoms with Crippen LogP contribution in [0.1, 0.15) is 53.8 Å². The number of rotatable bonds is 5. The summed E-state index contributed by atoms with van der Waals surface area (Å²) in [7, 11) is 2.07. The quantitative estimate of drug-likeness (QED) is 0.531. The van der Waals surface area contributed by atoms with E-state index in [2.05, 4.69) is 47.9 Å². The van der Waals surface area contributed by atoms with Crippen LogP contribution in [0.5, 0.6) is 0 Å². The Hall–Kier alpha value is -4.25. The molecule has 11 nitrogen and oxygen atoms in total. The van der Waals surface area contributed by atoms with E-state index < -0.39 is 11.9 Å². The fraction of sp³-hybridized carbons (Fsp3) is 0.370. The molecule has 2 aliphatic rings. The lowest BCUT2D eigenvalue weighted by Gasteiger charge is -2.22. The molecule has 0 bridgehead atoms. The molecule has 1 aromatic carbocycles. The van der Waals surface area contributed by atoms with Crippen LogP contribution in [0.3, 0.4) is 0 Å². The molecular formula is C27H31N9O2. The molecule has 2 aliphatic heterocycles. The molecule has 2 N–H and O–H groups in total. The van der Waals surface area contributed by atoms with E-state index in [-0.39, 0.29) is 17.0 Å². The zero-order chi connectivity index (χ0) is 27.0. The summed E-state index contributed by atoms with van der Waals surface area (Å²) >= 11 is 0. The lowest BCUT2D eigenvalue weighted by molar-refractivity contribution is -0.118. The summed E-state index contributed by atoms with van der Waals surface area (Å²) < 4.78 is 1.96. The molecule has 5 rings (SSSR count). The number of nitrogens with one attached hydrogen (secondary N) is 2. The summed E-state index contributed by atoms with van der Waals surface area (Å²) in [5.41, 5.74) is 4.69. The number of fused-ring (bicyclic) bond motifs is 1. The van der Waals surface area contributed by atoms with E-state index in [1.807, 2.05) is 56.6 Å². The Balaban J connectivity index is 1.33. The first-order valence-corrected chi connectivity index (χ1v) is 12.5. The van der Waals surface area contributed by atoms with Crippen molar-refractivity contribution in [3.05, 3.63) is 70.9 Å². The van der Waals surface area contributed by atoms with Gasteiger partial charge in [0, 0.05) is 42.0 Å². The highest BCUT2D eigenvalue weighted by Crippen LogP contribution is 2.27. The van der Waals surface area contributed by atoms with Gasteiger partial charge in [-0.3, -0.25) is 24.2 Å². The monoisotopic (exact) mass is 513 g/mol. The lowest BCUT2D eigenvalue weighted by atomic mass is 9.93. The topological polar surface area (TPSA) is 130 Å². The Morgan fingerprint density at radius 2 is 1.89 bits per heavy atom. The number of carbonyl (C=O) groups excluding carboxylic acids is 2. The summed E-state index contributed by atoms with van der Waals surface area (Å²) in [6.45, 7) is 10.6. The molecule has 4 heterocycles. The van der Waals surface area contributed by atoms with Gasteiger partial charge in [-0.2, -0.15) is 5.10 Å². The second-order valence-corrected chi connectivity index (χ2v) is 10.7. The first-order chi connectivity index (χ1) is 18.1. The number of aryl methyl sites for hydroxylation is 1. The van der Waals surface area contributed by atoms with Crippen LogP contribution in [0.15, 0.2) is 53.0 Å². The Morgan fingerprint density at radius 3 is 2.63 bits per heavy atom. The third-order valence-electron chi connectivity index (χ3n) is 6.57. The van der Waals surface area contributed by atoms with Gasteiger partial charge in [-0.1, -0.05) is 32.9 Å². The van der Waals surface area contributed by atoms with E-state index in [4.69, 9.17) is 0 Å². The van der Waals surface area contributed by atoms with E-state index in [0.29, 0.717) is 22.8 Å². The van der Waals surface area contributed by atoms with Crippen LogP contribution in [-0.2, 0) is 23.3 Å². The first-order valence-electron chi connectivity index (χ1n) is 12.5. The number of likely N-dealkylation sites (N-methyl/N-ethyl adjacent to an activating group) is 1. The van der Waals surface area contributed by atoms with Crippen LogP contribution in [0.4, 0.5) is 11.5 Å². The number of carbonyl (C=O) groups is 2. The minimum absolute atomic E-state index is 0.156. The standard InChI is InChI=1S/C27H31N9O2/c1-16-6-7-17(10-19(16)31-25(37)22-13-29-23(14-28-22)27(2,3)4)20-12-21(26(38)33-32-20)30-24-11-18-15-35(5)8-9-36(18)34-24/h6-7,10-14,21H,8-9,15H2,1-5H3,(H,30,34)(H,31,37). The molecule has 0 saturated carbocycles. The predicted octanol–water partition coefficient (Wildman–Crippen LogP) is 3.79. The summed E-state index contributed by atoms with van der Waals surface area (Å²) in [4.78, 5) is 36.3. The van der Waals surface area contributed by atoms with Crippen molar-refractivity contribution < 1.29 is 9.59 Å². The number of nitrogens with zero attached hydrogens (tertiary/aromatic N) is 7. The van der Waals surface area contributed by atoms with Gasteiger partial charge in [0.25, 0.3) is 11.8 Å². The van der Waals surface area contributed by atoms with Gasteiger partial charge >= 0.3 is 0 Å². The van der Waals surface area contributed by atoms with Gasteiger partial charge in [0.15, 0.2) is 0 Å². The van der Waals surface area contributed by atoms with Gasteiger partial charge in [0.05, 0.1) is 29.8 Å². The first kappa shape index (κ1) is 25.4. The molecule has 1 atom stereocenters. The smallest absolute Gasteiger partial charge is 0.290 e. The zero-order valence-corrected chi connectivity index (χ0v) is 22.2. The molecule has 0 radical (unpaired) electrons. The van der Waals surface area contributed by atoms with Gasteiger partial charge in [-0.05, 0) is 31.7 Å². The number of amides is 2. The largest absolute Gasteiger partial charge is 0.354 e. The minimum Gasteiger partial charge on any atom is -0.354 e. The lowest BCUT2D eigenvalue weighted by Crippen LogP contribution is -2.30. The SMILES string of the molecule is Cc1ccc(C2=CC(Nc3cc4n(n3)CCN(C)C4)C(=O)N=N2)cc1NC(=O)c1cnc(C(C)(C)C)cn1. The van der Waals surface area contributed by atoms with Gasteiger partial charge in [-0.25, -0.2) is 4.98 Å². The highest BCUT2D eigenvalue weighted by Gasteiger charge is 2.24. The predicted molar refractivity (Wildman–Crippen MR) is 144 cm³/mol. The van der Waals surface area contributed by atoms with Crippen LogP contribution in [0.25, 0.3) is 5.70 Å². The van der Waals surface area contributed by atoms with E-state index in [0.717, 1.165) is 36.6 Å². The molecule has 3 aromatic rings. The van der Waals surface area contributed by atoms with Crippen LogP contribution < -0.4 is 10.6 Å². The van der Waals surface area contributed by atoms with E-state index in [1.165, 1.54) is 6.20 Å². The molecule has 2 aromatic heterocycles. The van der Waals surface area contributed by atoms with E-state index in [1.54, 1.807) is 12.3 Å². The van der Waals surface area contributed by atoms with Gasteiger partial charge in [-0.15, -0.1) is 10.2 Å². The van der Waals surface area contributed by atoms with Crippen molar-refractivity contribution in [2.45, 2.75) is 52.2 Å². The molecule has 0 fully saturated rings. The van der Waals surface area contributed by atoms with Crippen LogP contribution in [0.2, 0.25) is 0 Å². The van der Waals surface area contributed by atoms with Crippen molar-refractivity contribution in [3.63, 3.8) is 0 Å². The van der Waals surface area contributed by atoms with Crippen molar-refractivity contribution in [3.8, 4) is 0 Å². The van der Waals surface area contributed by atoms with Gasteiger partial charge in [0.1, 0.15) is 17.6 Å². The molecule has 2 amide bonds. The Morgan fingerprint density at radius 1 is 1.08 bits per heavy atom. The van der Waals surface area contributed by atoms with Crippen molar-refractivity contribution in [1.29, 1.82) is 0 Å². The highest BCUT2D eigenvalue weighted by molar-refractivity contribution is 6.03. The highest BCUT2D eigenvalue weighted by atomic mass is 16.2. The van der Waals surface area contributed by atoms with Crippen molar-refractivity contribution in [2.75, 3.05) is 24.2 Å². The fourth-order valence-electron chi connectivity index (χ4n) is 4.25. The molecule has 0 spiro atoms. The van der Waals surface area contributed by atoms with E-state index >= 15 is 0 Å². The number of benzene rings is 1. The Kier molecular flexibility index (Phi) is 6.62. The zero-order valence-electron chi connectivity index (χ0n) is 22.2. The number of hydrogen-bond acceptors (Lipinski definition) is 8. The van der Waals surface area contributed by atoms with Crippen LogP contribution in [-0.4, -0.2) is 56.1 Å². The summed E-state index contributed by atoms with van der Waals surface area (Å²) in [6, 6.07) is 6.83. The molecule has 1 unspecified atom stereocenters. The maximum atomic E-state index is 12.9. The molecule has 11 heteroatoms. The van der Waals surface area contributed by atoms with Crippen LogP contribution in [0, 0.1) is 6.92 Å². The minimum atomic E-state index is -0.701. The van der Waals surface area contributed by atoms with Crippen molar-refractivity contribution in [2.24, 2.45) is 10.2 Å². The fourth-order valence-corrected chi connectivity index (χ4v) is 4.25. The molecule has 196 valence electrons. The average Bonchev–Trinajstić information content (AvgIpc) is 3.27. The summed E-state index contributed by atoms with van der Waals surface area (Å²) in [5.74, 6) is -0.131. The molecule has 0 saturated heterocycles. The molecule has 0 aliphatic carbocycles. The molecule has 38 heavy (non-hydrogen) atoms. The summed E-state index contributed by atoms with van der Waals surface area (Å²) in [5, 5.41) is 18.7. The number of anilines is 2. The van der Waals surface area contributed by atoms with Gasteiger partial charge in [0.2, 0.25) is 0 Å². The second-order valence-electron chi connectivity index (χ2n) is 10.7. The second kappa shape index (κ2) is 9.90.